The maximum absolute atomic E-state index is 13.4. The van der Waals surface area contributed by atoms with E-state index in [2.05, 4.69) is 5.32 Å². The molecule has 4 unspecified atom stereocenters. The summed E-state index contributed by atoms with van der Waals surface area (Å²) in [6, 6.07) is 0. The number of nitrogens with zero attached hydrogens (tertiary/aromatic N) is 1. The molecular formula is C15H23F3N2O. The number of alkyl halides is 3. The molecular weight excluding hydrogens is 281 g/mol. The zero-order valence-electron chi connectivity index (χ0n) is 12.4. The third-order valence-corrected chi connectivity index (χ3v) is 5.85. The number of nitrogens with one attached hydrogen (secondary N) is 1. The molecule has 3 nitrogen and oxygen atoms in total. The van der Waals surface area contributed by atoms with Gasteiger partial charge in [0.25, 0.3) is 0 Å². The molecule has 2 bridgehead atoms. The monoisotopic (exact) mass is 304 g/mol. The standard InChI is InChI=1S/C15H23F3N2O/c1-20(8-12-7-10-2-3-11(12)6-10)13(21)14(15(16,17)18)4-5-19-9-14/h10-12,19H,2-9H2,1H3. The number of rotatable bonds is 3. The Balaban J connectivity index is 1.68. The lowest BCUT2D eigenvalue weighted by Gasteiger charge is -2.35. The minimum Gasteiger partial charge on any atom is -0.345 e. The summed E-state index contributed by atoms with van der Waals surface area (Å²) in [5, 5.41) is 2.71. The molecule has 6 heteroatoms. The predicted octanol–water partition coefficient (Wildman–Crippen LogP) is 2.42. The fourth-order valence-electron chi connectivity index (χ4n) is 4.64. The topological polar surface area (TPSA) is 32.3 Å². The minimum absolute atomic E-state index is 0.142. The van der Waals surface area contributed by atoms with Crippen LogP contribution in [0.4, 0.5) is 13.2 Å². The van der Waals surface area contributed by atoms with Crippen molar-refractivity contribution >= 4 is 5.91 Å². The molecule has 1 saturated heterocycles. The number of amides is 1. The van der Waals surface area contributed by atoms with Gasteiger partial charge in [0.15, 0.2) is 5.41 Å². The van der Waals surface area contributed by atoms with Gasteiger partial charge in [-0.3, -0.25) is 4.79 Å². The zero-order valence-corrected chi connectivity index (χ0v) is 12.4. The van der Waals surface area contributed by atoms with Crippen LogP contribution < -0.4 is 5.32 Å². The molecule has 3 aliphatic rings. The summed E-state index contributed by atoms with van der Waals surface area (Å²) < 4.78 is 40.2. The minimum atomic E-state index is -4.48. The first-order valence-corrected chi connectivity index (χ1v) is 7.86. The molecule has 1 N–H and O–H groups in total. The maximum Gasteiger partial charge on any atom is 0.404 e. The van der Waals surface area contributed by atoms with E-state index < -0.39 is 17.5 Å². The van der Waals surface area contributed by atoms with Gasteiger partial charge in [-0.15, -0.1) is 0 Å². The van der Waals surface area contributed by atoms with Gasteiger partial charge in [-0.1, -0.05) is 6.42 Å². The highest BCUT2D eigenvalue weighted by atomic mass is 19.4. The van der Waals surface area contributed by atoms with Crippen LogP contribution in [-0.4, -0.2) is 43.7 Å². The number of carbonyl (C=O) groups excluding carboxylic acids is 1. The maximum atomic E-state index is 13.4. The molecule has 0 aromatic heterocycles. The van der Waals surface area contributed by atoms with Crippen LogP contribution >= 0.6 is 0 Å². The summed E-state index contributed by atoms with van der Waals surface area (Å²) in [5.74, 6) is 1.02. The van der Waals surface area contributed by atoms with Crippen molar-refractivity contribution in [3.8, 4) is 0 Å². The molecule has 1 amide bonds. The lowest BCUT2D eigenvalue weighted by molar-refractivity contribution is -0.221. The third kappa shape index (κ3) is 2.45. The van der Waals surface area contributed by atoms with Crippen molar-refractivity contribution in [2.75, 3.05) is 26.7 Å². The van der Waals surface area contributed by atoms with E-state index in [1.807, 2.05) is 0 Å². The Hall–Kier alpha value is -0.780. The number of carbonyl (C=O) groups is 1. The molecule has 0 aromatic rings. The van der Waals surface area contributed by atoms with E-state index in [9.17, 15) is 18.0 Å². The molecule has 2 saturated carbocycles. The molecule has 2 aliphatic carbocycles. The summed E-state index contributed by atoms with van der Waals surface area (Å²) in [7, 11) is 1.54. The van der Waals surface area contributed by atoms with Crippen molar-refractivity contribution in [2.24, 2.45) is 23.2 Å². The molecule has 0 spiro atoms. The third-order valence-electron chi connectivity index (χ3n) is 5.85. The van der Waals surface area contributed by atoms with Gasteiger partial charge in [0.2, 0.25) is 5.91 Å². The second-order valence-electron chi connectivity index (χ2n) is 7.13. The van der Waals surface area contributed by atoms with Crippen LogP contribution in [0, 0.1) is 23.2 Å². The highest BCUT2D eigenvalue weighted by Crippen LogP contribution is 2.49. The first-order valence-electron chi connectivity index (χ1n) is 7.86. The van der Waals surface area contributed by atoms with Gasteiger partial charge in [-0.25, -0.2) is 0 Å². The first-order chi connectivity index (χ1) is 9.83. The summed E-state index contributed by atoms with van der Waals surface area (Å²) in [6.07, 6.45) is 0.115. The van der Waals surface area contributed by atoms with Gasteiger partial charge in [-0.05, 0) is 50.0 Å². The van der Waals surface area contributed by atoms with E-state index in [0.717, 1.165) is 12.3 Å². The fraction of sp³-hybridized carbons (Fsp3) is 0.933. The van der Waals surface area contributed by atoms with Gasteiger partial charge in [-0.2, -0.15) is 13.2 Å². The van der Waals surface area contributed by atoms with E-state index in [0.29, 0.717) is 18.4 Å². The Morgan fingerprint density at radius 3 is 2.57 bits per heavy atom. The molecule has 0 radical (unpaired) electrons. The largest absolute Gasteiger partial charge is 0.404 e. The van der Waals surface area contributed by atoms with E-state index in [1.165, 1.54) is 24.2 Å². The fourth-order valence-corrected chi connectivity index (χ4v) is 4.64. The van der Waals surface area contributed by atoms with Crippen molar-refractivity contribution < 1.29 is 18.0 Å². The van der Waals surface area contributed by atoms with E-state index in [-0.39, 0.29) is 19.5 Å². The number of halogens is 3. The van der Waals surface area contributed by atoms with Crippen LogP contribution in [0.25, 0.3) is 0 Å². The lowest BCUT2D eigenvalue weighted by Crippen LogP contribution is -2.53. The van der Waals surface area contributed by atoms with Gasteiger partial charge < -0.3 is 10.2 Å². The van der Waals surface area contributed by atoms with Gasteiger partial charge >= 0.3 is 6.18 Å². The van der Waals surface area contributed by atoms with E-state index in [4.69, 9.17) is 0 Å². The molecule has 3 fully saturated rings. The average molecular weight is 304 g/mol. The van der Waals surface area contributed by atoms with Crippen LogP contribution in [0.15, 0.2) is 0 Å². The van der Waals surface area contributed by atoms with Crippen LogP contribution in [0.5, 0.6) is 0 Å². The van der Waals surface area contributed by atoms with E-state index in [1.54, 1.807) is 7.05 Å². The van der Waals surface area contributed by atoms with Crippen molar-refractivity contribution in [3.05, 3.63) is 0 Å². The van der Waals surface area contributed by atoms with Crippen molar-refractivity contribution in [3.63, 3.8) is 0 Å². The molecule has 3 rings (SSSR count). The van der Waals surface area contributed by atoms with Crippen LogP contribution in [0.1, 0.15) is 32.1 Å². The Morgan fingerprint density at radius 2 is 2.10 bits per heavy atom. The average Bonchev–Trinajstić information content (AvgIpc) is 3.12. The SMILES string of the molecule is CN(CC1CC2CCC1C2)C(=O)C1(C(F)(F)F)CCNC1. The normalized spacial score (nSPS) is 39.0. The first kappa shape index (κ1) is 15.1. The number of hydrogen-bond donors (Lipinski definition) is 1. The summed E-state index contributed by atoms with van der Waals surface area (Å²) in [5.41, 5.74) is -2.21. The summed E-state index contributed by atoms with van der Waals surface area (Å²) in [6.45, 7) is 0.460. The zero-order chi connectivity index (χ0) is 15.3. The van der Waals surface area contributed by atoms with Gasteiger partial charge in [0.1, 0.15) is 0 Å². The quantitative estimate of drug-likeness (QED) is 0.868. The molecule has 4 atom stereocenters. The van der Waals surface area contributed by atoms with Crippen LogP contribution in [0.3, 0.4) is 0 Å². The van der Waals surface area contributed by atoms with Crippen LogP contribution in [-0.2, 0) is 4.79 Å². The van der Waals surface area contributed by atoms with E-state index >= 15 is 0 Å². The lowest BCUT2D eigenvalue weighted by atomic mass is 9.83. The molecule has 0 aromatic carbocycles. The Labute approximate surface area is 123 Å². The Morgan fingerprint density at radius 1 is 1.33 bits per heavy atom. The Kier molecular flexibility index (Phi) is 3.71. The van der Waals surface area contributed by atoms with Crippen LogP contribution in [0.2, 0.25) is 0 Å². The Bertz CT molecular complexity index is 418. The highest BCUT2D eigenvalue weighted by Gasteiger charge is 2.62. The summed E-state index contributed by atoms with van der Waals surface area (Å²) in [4.78, 5) is 13.8. The van der Waals surface area contributed by atoms with Crippen molar-refractivity contribution in [1.82, 2.24) is 10.2 Å². The summed E-state index contributed by atoms with van der Waals surface area (Å²) >= 11 is 0. The number of hydrogen-bond acceptors (Lipinski definition) is 2. The molecule has 120 valence electrons. The van der Waals surface area contributed by atoms with Crippen molar-refractivity contribution in [2.45, 2.75) is 38.3 Å². The predicted molar refractivity (Wildman–Crippen MR) is 72.5 cm³/mol. The van der Waals surface area contributed by atoms with Gasteiger partial charge in [0.05, 0.1) is 0 Å². The van der Waals surface area contributed by atoms with Gasteiger partial charge in [0, 0.05) is 20.1 Å². The highest BCUT2D eigenvalue weighted by molar-refractivity contribution is 5.84. The smallest absolute Gasteiger partial charge is 0.345 e. The number of fused-ring (bicyclic) bond motifs is 2. The van der Waals surface area contributed by atoms with Crippen molar-refractivity contribution in [1.29, 1.82) is 0 Å². The molecule has 21 heavy (non-hydrogen) atoms. The second kappa shape index (κ2) is 5.14. The molecule has 1 aliphatic heterocycles. The second-order valence-corrected chi connectivity index (χ2v) is 7.13. The molecule has 1 heterocycles.